The molecule has 190 valence electrons. The van der Waals surface area contributed by atoms with Gasteiger partial charge in [0.25, 0.3) is 0 Å². The molecule has 0 radical (unpaired) electrons. The molecule has 0 aromatic heterocycles. The van der Waals surface area contributed by atoms with E-state index in [0.717, 1.165) is 29.5 Å². The van der Waals surface area contributed by atoms with Gasteiger partial charge in [0.05, 0.1) is 5.75 Å². The lowest BCUT2D eigenvalue weighted by molar-refractivity contribution is -0.139. The van der Waals surface area contributed by atoms with E-state index in [0.29, 0.717) is 18.7 Å². The smallest absolute Gasteiger partial charge is 0.243 e. The number of halogens is 2. The number of nitrogens with zero attached hydrogens (tertiary/aromatic N) is 1. The summed E-state index contributed by atoms with van der Waals surface area (Å²) in [7, 11) is 0. The first-order valence-corrected chi connectivity index (χ1v) is 13.3. The van der Waals surface area contributed by atoms with Crippen LogP contribution in [0.4, 0.5) is 8.78 Å². The van der Waals surface area contributed by atoms with Crippen molar-refractivity contribution in [1.82, 2.24) is 10.2 Å². The van der Waals surface area contributed by atoms with Crippen molar-refractivity contribution < 1.29 is 18.4 Å². The van der Waals surface area contributed by atoms with Gasteiger partial charge in [-0.1, -0.05) is 67.9 Å². The van der Waals surface area contributed by atoms with Gasteiger partial charge >= 0.3 is 0 Å². The van der Waals surface area contributed by atoms with Crippen LogP contribution in [0.3, 0.4) is 0 Å². The SMILES string of the molecule is CCCCNC(=O)C(Cc1ccccc1)N(Cc1ccc(F)cc1)C(=O)CSCc1ccc(F)cc1. The Morgan fingerprint density at radius 2 is 1.47 bits per heavy atom. The molecule has 0 aliphatic rings. The fourth-order valence-corrected chi connectivity index (χ4v) is 4.64. The van der Waals surface area contributed by atoms with Crippen LogP contribution in [0, 0.1) is 11.6 Å². The van der Waals surface area contributed by atoms with Gasteiger partial charge in [-0.2, -0.15) is 0 Å². The van der Waals surface area contributed by atoms with Crippen LogP contribution >= 0.6 is 11.8 Å². The van der Waals surface area contributed by atoms with Crippen molar-refractivity contribution in [1.29, 1.82) is 0 Å². The van der Waals surface area contributed by atoms with E-state index < -0.39 is 6.04 Å². The zero-order chi connectivity index (χ0) is 25.8. The lowest BCUT2D eigenvalue weighted by Gasteiger charge is -2.31. The standard InChI is InChI=1S/C29H32F2N2O2S/c1-2-3-17-32-29(35)27(18-22-7-5-4-6-8-22)33(19-23-9-13-25(30)14-10-23)28(34)21-36-20-24-11-15-26(31)16-12-24/h4-16,27H,2-3,17-21H2,1H3,(H,32,35). The molecule has 0 aliphatic carbocycles. The summed E-state index contributed by atoms with van der Waals surface area (Å²) >= 11 is 1.41. The molecule has 36 heavy (non-hydrogen) atoms. The second kappa shape index (κ2) is 14.4. The number of hydrogen-bond donors (Lipinski definition) is 1. The Balaban J connectivity index is 1.81. The number of carbonyl (C=O) groups is 2. The molecule has 3 aromatic carbocycles. The molecular weight excluding hydrogens is 478 g/mol. The molecule has 4 nitrogen and oxygen atoms in total. The van der Waals surface area contributed by atoms with Crippen molar-refractivity contribution in [2.75, 3.05) is 12.3 Å². The summed E-state index contributed by atoms with van der Waals surface area (Å²) < 4.78 is 26.7. The highest BCUT2D eigenvalue weighted by atomic mass is 32.2. The van der Waals surface area contributed by atoms with Crippen molar-refractivity contribution in [3.05, 3.63) is 107 Å². The number of rotatable bonds is 13. The number of unbranched alkanes of at least 4 members (excludes halogenated alkanes) is 1. The predicted molar refractivity (Wildman–Crippen MR) is 141 cm³/mol. The third kappa shape index (κ3) is 8.79. The monoisotopic (exact) mass is 510 g/mol. The first-order chi connectivity index (χ1) is 17.5. The van der Waals surface area contributed by atoms with E-state index in [-0.39, 0.29) is 35.7 Å². The van der Waals surface area contributed by atoms with Crippen molar-refractivity contribution in [3.8, 4) is 0 Å². The van der Waals surface area contributed by atoms with Crippen molar-refractivity contribution in [3.63, 3.8) is 0 Å². The summed E-state index contributed by atoms with van der Waals surface area (Å²) in [6, 6.07) is 21.1. The van der Waals surface area contributed by atoms with E-state index >= 15 is 0 Å². The van der Waals surface area contributed by atoms with E-state index in [1.807, 2.05) is 30.3 Å². The summed E-state index contributed by atoms with van der Waals surface area (Å²) in [5, 5.41) is 2.99. The number of amides is 2. The summed E-state index contributed by atoms with van der Waals surface area (Å²) in [6.07, 6.45) is 2.17. The summed E-state index contributed by atoms with van der Waals surface area (Å²) in [5.41, 5.74) is 2.61. The maximum atomic E-state index is 13.5. The third-order valence-electron chi connectivity index (χ3n) is 5.77. The van der Waals surface area contributed by atoms with Gasteiger partial charge in [-0.25, -0.2) is 8.78 Å². The lowest BCUT2D eigenvalue weighted by Crippen LogP contribution is -2.51. The molecule has 3 rings (SSSR count). The minimum Gasteiger partial charge on any atom is -0.354 e. The topological polar surface area (TPSA) is 49.4 Å². The van der Waals surface area contributed by atoms with Gasteiger partial charge in [0.1, 0.15) is 17.7 Å². The Morgan fingerprint density at radius 3 is 2.08 bits per heavy atom. The Labute approximate surface area is 216 Å². The number of carbonyl (C=O) groups excluding carboxylic acids is 2. The second-order valence-corrected chi connectivity index (χ2v) is 9.60. The van der Waals surface area contributed by atoms with Crippen molar-refractivity contribution in [2.45, 2.75) is 44.5 Å². The van der Waals surface area contributed by atoms with Crippen molar-refractivity contribution >= 4 is 23.6 Å². The van der Waals surface area contributed by atoms with Gasteiger partial charge in [0, 0.05) is 25.3 Å². The maximum Gasteiger partial charge on any atom is 0.243 e. The van der Waals surface area contributed by atoms with Crippen LogP contribution in [-0.2, 0) is 28.3 Å². The molecule has 0 saturated heterocycles. The van der Waals surface area contributed by atoms with Gasteiger partial charge in [-0.3, -0.25) is 9.59 Å². The number of hydrogen-bond acceptors (Lipinski definition) is 3. The summed E-state index contributed by atoms with van der Waals surface area (Å²) in [5.74, 6) is -0.341. The van der Waals surface area contributed by atoms with Crippen LogP contribution in [0.25, 0.3) is 0 Å². The van der Waals surface area contributed by atoms with Crippen LogP contribution in [0.1, 0.15) is 36.5 Å². The molecule has 7 heteroatoms. The fraction of sp³-hybridized carbons (Fsp3) is 0.310. The van der Waals surface area contributed by atoms with Crippen molar-refractivity contribution in [2.24, 2.45) is 0 Å². The van der Waals surface area contributed by atoms with Gasteiger partial charge in [0.15, 0.2) is 0 Å². The molecule has 0 fully saturated rings. The minimum absolute atomic E-state index is 0.159. The first kappa shape index (κ1) is 27.4. The second-order valence-electron chi connectivity index (χ2n) is 8.62. The summed E-state index contributed by atoms with van der Waals surface area (Å²) in [6.45, 7) is 2.78. The van der Waals surface area contributed by atoms with Crippen LogP contribution in [-0.4, -0.2) is 35.1 Å². The Morgan fingerprint density at radius 1 is 0.861 bits per heavy atom. The largest absolute Gasteiger partial charge is 0.354 e. The Bertz CT molecular complexity index is 1090. The maximum absolute atomic E-state index is 13.5. The van der Waals surface area contributed by atoms with E-state index in [4.69, 9.17) is 0 Å². The molecule has 2 amide bonds. The normalized spacial score (nSPS) is 11.6. The molecule has 0 saturated carbocycles. The fourth-order valence-electron chi connectivity index (χ4n) is 3.77. The molecule has 1 atom stereocenters. The lowest BCUT2D eigenvalue weighted by atomic mass is 10.0. The third-order valence-corrected chi connectivity index (χ3v) is 6.76. The molecule has 0 heterocycles. The number of thioether (sulfide) groups is 1. The Hall–Kier alpha value is -3.19. The highest BCUT2D eigenvalue weighted by Gasteiger charge is 2.30. The highest BCUT2D eigenvalue weighted by molar-refractivity contribution is 7.99. The molecule has 0 bridgehead atoms. The summed E-state index contributed by atoms with van der Waals surface area (Å²) in [4.78, 5) is 28.4. The zero-order valence-corrected chi connectivity index (χ0v) is 21.3. The van der Waals surface area contributed by atoms with E-state index in [1.165, 1.54) is 36.0 Å². The van der Waals surface area contributed by atoms with Crippen LogP contribution < -0.4 is 5.32 Å². The minimum atomic E-state index is -0.715. The van der Waals surface area contributed by atoms with E-state index in [1.54, 1.807) is 29.2 Å². The predicted octanol–water partition coefficient (Wildman–Crippen LogP) is 5.75. The van der Waals surface area contributed by atoms with Crippen LogP contribution in [0.15, 0.2) is 78.9 Å². The number of benzene rings is 3. The van der Waals surface area contributed by atoms with E-state index in [2.05, 4.69) is 12.2 Å². The number of nitrogens with one attached hydrogen (secondary N) is 1. The Kier molecular flexibility index (Phi) is 11.0. The van der Waals surface area contributed by atoms with Gasteiger partial charge in [0.2, 0.25) is 11.8 Å². The molecule has 0 spiro atoms. The molecule has 1 N–H and O–H groups in total. The average molecular weight is 511 g/mol. The molecule has 3 aromatic rings. The zero-order valence-electron chi connectivity index (χ0n) is 20.5. The molecule has 0 aliphatic heterocycles. The average Bonchev–Trinajstić information content (AvgIpc) is 2.89. The van der Waals surface area contributed by atoms with Crippen LogP contribution in [0.5, 0.6) is 0 Å². The quantitative estimate of drug-likeness (QED) is 0.298. The van der Waals surface area contributed by atoms with E-state index in [9.17, 15) is 18.4 Å². The highest BCUT2D eigenvalue weighted by Crippen LogP contribution is 2.19. The molecular formula is C29H32F2N2O2S. The van der Waals surface area contributed by atoms with Gasteiger partial charge in [-0.05, 0) is 47.4 Å². The molecule has 1 unspecified atom stereocenters. The van der Waals surface area contributed by atoms with Gasteiger partial charge in [-0.15, -0.1) is 11.8 Å². The first-order valence-electron chi connectivity index (χ1n) is 12.1. The van der Waals surface area contributed by atoms with Gasteiger partial charge < -0.3 is 10.2 Å². The van der Waals surface area contributed by atoms with Crippen LogP contribution in [0.2, 0.25) is 0 Å².